The first-order valence-electron chi connectivity index (χ1n) is 7.63. The quantitative estimate of drug-likeness (QED) is 0.439. The van der Waals surface area contributed by atoms with Gasteiger partial charge in [-0.15, -0.1) is 0 Å². The molecule has 138 valence electrons. The van der Waals surface area contributed by atoms with Crippen molar-refractivity contribution < 1.29 is 19.7 Å². The third-order valence-corrected chi connectivity index (χ3v) is 5.17. The van der Waals surface area contributed by atoms with Gasteiger partial charge >= 0.3 is 0 Å². The number of aromatic hydroxyl groups is 2. The fourth-order valence-corrected chi connectivity index (χ4v) is 3.36. The van der Waals surface area contributed by atoms with Crippen molar-refractivity contribution in [2.45, 2.75) is 20.8 Å². The molecule has 0 aliphatic carbocycles. The molecule has 0 aromatic heterocycles. The summed E-state index contributed by atoms with van der Waals surface area (Å²) in [7, 11) is 0. The van der Waals surface area contributed by atoms with E-state index in [4.69, 9.17) is 4.74 Å². The Kier molecular flexibility index (Phi) is 6.66. The van der Waals surface area contributed by atoms with Crippen LogP contribution in [0.2, 0.25) is 0 Å². The lowest BCUT2D eigenvalue weighted by Crippen LogP contribution is -2.25. The number of hydrogen-bond donors (Lipinski definition) is 3. The SMILES string of the molecule is Cc1ccc(C)c(OCC(=O)NN=Cc2cc(Br)c(O)c(Br)c2O)c1C. The highest BCUT2D eigenvalue weighted by atomic mass is 79.9. The van der Waals surface area contributed by atoms with Crippen molar-refractivity contribution in [2.75, 3.05) is 6.61 Å². The summed E-state index contributed by atoms with van der Waals surface area (Å²) in [6.07, 6.45) is 1.27. The molecule has 0 atom stereocenters. The summed E-state index contributed by atoms with van der Waals surface area (Å²) in [4.78, 5) is 11.9. The highest BCUT2D eigenvalue weighted by Crippen LogP contribution is 2.40. The summed E-state index contributed by atoms with van der Waals surface area (Å²) in [6, 6.07) is 5.42. The summed E-state index contributed by atoms with van der Waals surface area (Å²) in [5, 5.41) is 23.4. The molecule has 26 heavy (non-hydrogen) atoms. The minimum Gasteiger partial charge on any atom is -0.506 e. The normalized spacial score (nSPS) is 11.0. The van der Waals surface area contributed by atoms with E-state index in [2.05, 4.69) is 42.4 Å². The molecule has 0 saturated carbocycles. The second-order valence-electron chi connectivity index (χ2n) is 5.69. The van der Waals surface area contributed by atoms with Gasteiger partial charge in [-0.25, -0.2) is 5.43 Å². The highest BCUT2D eigenvalue weighted by Gasteiger charge is 2.13. The lowest BCUT2D eigenvalue weighted by Gasteiger charge is -2.13. The number of halogens is 2. The van der Waals surface area contributed by atoms with E-state index in [0.29, 0.717) is 15.8 Å². The van der Waals surface area contributed by atoms with Gasteiger partial charge in [0.05, 0.1) is 10.7 Å². The van der Waals surface area contributed by atoms with Crippen LogP contribution < -0.4 is 10.2 Å². The average molecular weight is 486 g/mol. The monoisotopic (exact) mass is 484 g/mol. The van der Waals surface area contributed by atoms with Crippen LogP contribution in [0, 0.1) is 20.8 Å². The van der Waals surface area contributed by atoms with Gasteiger partial charge in [0, 0.05) is 5.56 Å². The third kappa shape index (κ3) is 4.56. The Bertz CT molecular complexity index is 882. The molecule has 1 amide bonds. The van der Waals surface area contributed by atoms with Gasteiger partial charge in [0.2, 0.25) is 0 Å². The van der Waals surface area contributed by atoms with Crippen LogP contribution in [-0.4, -0.2) is 28.9 Å². The summed E-state index contributed by atoms with van der Waals surface area (Å²) in [5.74, 6) is -0.0573. The Hall–Kier alpha value is -2.06. The van der Waals surface area contributed by atoms with Crippen LogP contribution in [0.3, 0.4) is 0 Å². The number of carbonyl (C=O) groups excluding carboxylic acids is 1. The molecule has 0 aliphatic rings. The molecule has 2 aromatic carbocycles. The van der Waals surface area contributed by atoms with Crippen molar-refractivity contribution in [3.05, 3.63) is 49.4 Å². The topological polar surface area (TPSA) is 91.2 Å². The van der Waals surface area contributed by atoms with Crippen LogP contribution in [0.15, 0.2) is 32.2 Å². The highest BCUT2D eigenvalue weighted by molar-refractivity contribution is 9.11. The maximum Gasteiger partial charge on any atom is 0.277 e. The van der Waals surface area contributed by atoms with Crippen LogP contribution in [-0.2, 0) is 4.79 Å². The number of nitrogens with zero attached hydrogens (tertiary/aromatic N) is 1. The Morgan fingerprint density at radius 2 is 1.85 bits per heavy atom. The first-order valence-corrected chi connectivity index (χ1v) is 9.22. The Balaban J connectivity index is 2.00. The van der Waals surface area contributed by atoms with Crippen molar-refractivity contribution in [2.24, 2.45) is 5.10 Å². The number of nitrogens with one attached hydrogen (secondary N) is 1. The van der Waals surface area contributed by atoms with E-state index in [-0.39, 0.29) is 22.6 Å². The lowest BCUT2D eigenvalue weighted by molar-refractivity contribution is -0.123. The van der Waals surface area contributed by atoms with Gasteiger partial charge in [-0.3, -0.25) is 4.79 Å². The molecule has 6 nitrogen and oxygen atoms in total. The third-order valence-electron chi connectivity index (χ3n) is 3.81. The molecular weight excluding hydrogens is 468 g/mol. The molecule has 8 heteroatoms. The van der Waals surface area contributed by atoms with Crippen LogP contribution in [0.25, 0.3) is 0 Å². The molecule has 0 fully saturated rings. The van der Waals surface area contributed by atoms with E-state index in [0.717, 1.165) is 16.7 Å². The zero-order chi connectivity index (χ0) is 19.4. The first-order chi connectivity index (χ1) is 12.2. The smallest absolute Gasteiger partial charge is 0.277 e. The second-order valence-corrected chi connectivity index (χ2v) is 7.34. The van der Waals surface area contributed by atoms with Gasteiger partial charge in [0.25, 0.3) is 5.91 Å². The molecule has 0 radical (unpaired) electrons. The summed E-state index contributed by atoms with van der Waals surface area (Å²) in [5.41, 5.74) is 5.68. The van der Waals surface area contributed by atoms with Crippen LogP contribution in [0.4, 0.5) is 0 Å². The molecule has 2 rings (SSSR count). The maximum absolute atomic E-state index is 11.9. The molecule has 0 spiro atoms. The van der Waals surface area contributed by atoms with Gasteiger partial charge in [-0.2, -0.15) is 5.10 Å². The van der Waals surface area contributed by atoms with E-state index in [9.17, 15) is 15.0 Å². The van der Waals surface area contributed by atoms with E-state index >= 15 is 0 Å². The van der Waals surface area contributed by atoms with Crippen LogP contribution in [0.1, 0.15) is 22.3 Å². The number of hydrogen-bond acceptors (Lipinski definition) is 5. The summed E-state index contributed by atoms with van der Waals surface area (Å²) >= 11 is 6.23. The van der Waals surface area contributed by atoms with Crippen molar-refractivity contribution in [1.82, 2.24) is 5.43 Å². The minimum atomic E-state index is -0.432. The number of phenols is 2. The zero-order valence-corrected chi connectivity index (χ0v) is 17.6. The number of carbonyl (C=O) groups is 1. The van der Waals surface area contributed by atoms with Crippen molar-refractivity contribution in [1.29, 1.82) is 0 Å². The molecule has 0 saturated heterocycles. The maximum atomic E-state index is 11.9. The van der Waals surface area contributed by atoms with E-state index < -0.39 is 5.91 Å². The number of rotatable bonds is 5. The number of aryl methyl sites for hydroxylation is 2. The van der Waals surface area contributed by atoms with Crippen LogP contribution >= 0.6 is 31.9 Å². The average Bonchev–Trinajstić information content (AvgIpc) is 2.60. The Morgan fingerprint density at radius 3 is 2.54 bits per heavy atom. The molecule has 2 aromatic rings. The van der Waals surface area contributed by atoms with E-state index in [1.807, 2.05) is 32.9 Å². The van der Waals surface area contributed by atoms with E-state index in [1.165, 1.54) is 12.3 Å². The molecule has 0 bridgehead atoms. The Morgan fingerprint density at radius 1 is 1.19 bits per heavy atom. The number of phenolic OH excluding ortho intramolecular Hbond substituents is 2. The van der Waals surface area contributed by atoms with Gasteiger partial charge in [0.15, 0.2) is 6.61 Å². The summed E-state index contributed by atoms with van der Waals surface area (Å²) in [6.45, 7) is 5.65. The largest absolute Gasteiger partial charge is 0.506 e. The second kappa shape index (κ2) is 8.55. The van der Waals surface area contributed by atoms with Gasteiger partial charge in [0.1, 0.15) is 21.7 Å². The van der Waals surface area contributed by atoms with Gasteiger partial charge < -0.3 is 14.9 Å². The van der Waals surface area contributed by atoms with Gasteiger partial charge in [-0.1, -0.05) is 12.1 Å². The number of hydrazone groups is 1. The zero-order valence-electron chi connectivity index (χ0n) is 14.4. The molecule has 0 heterocycles. The Labute approximate surface area is 168 Å². The fourth-order valence-electron chi connectivity index (χ4n) is 2.21. The van der Waals surface area contributed by atoms with E-state index in [1.54, 1.807) is 0 Å². The number of amides is 1. The standard InChI is InChI=1S/C18H18Br2N2O4/c1-9-4-5-10(2)18(11(9)3)26-8-14(23)22-21-7-12-6-13(19)17(25)15(20)16(12)24/h4-7,24-25H,8H2,1-3H3,(H,22,23). The first kappa shape index (κ1) is 20.3. The van der Waals surface area contributed by atoms with Crippen LogP contribution in [0.5, 0.6) is 17.2 Å². The predicted molar refractivity (Wildman–Crippen MR) is 107 cm³/mol. The number of benzene rings is 2. The van der Waals surface area contributed by atoms with Crippen molar-refractivity contribution in [3.8, 4) is 17.2 Å². The number of ether oxygens (including phenoxy) is 1. The lowest BCUT2D eigenvalue weighted by atomic mass is 10.1. The molecule has 0 aliphatic heterocycles. The van der Waals surface area contributed by atoms with Crippen molar-refractivity contribution in [3.63, 3.8) is 0 Å². The molecule has 0 unspecified atom stereocenters. The predicted octanol–water partition coefficient (Wildman–Crippen LogP) is 4.08. The van der Waals surface area contributed by atoms with Crippen molar-refractivity contribution >= 4 is 44.0 Å². The molecular formula is C18H18Br2N2O4. The van der Waals surface area contributed by atoms with Gasteiger partial charge in [-0.05, 0) is 75.4 Å². The summed E-state index contributed by atoms with van der Waals surface area (Å²) < 4.78 is 6.12. The molecule has 3 N–H and O–H groups in total. The fraction of sp³-hybridized carbons (Fsp3) is 0.222. The minimum absolute atomic E-state index is 0.124.